The second kappa shape index (κ2) is 10.2. The normalized spacial score (nSPS) is 10.8. The number of para-hydroxylation sites is 1. The number of carbonyl (C=O) groups is 1. The number of nitrogens with one attached hydrogen (secondary N) is 1. The van der Waals surface area contributed by atoms with Gasteiger partial charge in [-0.15, -0.1) is 0 Å². The van der Waals surface area contributed by atoms with E-state index in [1.54, 1.807) is 7.11 Å². The summed E-state index contributed by atoms with van der Waals surface area (Å²) in [5.41, 5.74) is 6.27. The number of rotatable bonds is 8. The summed E-state index contributed by atoms with van der Waals surface area (Å²) in [6.07, 6.45) is 1.65. The van der Waals surface area contributed by atoms with Gasteiger partial charge in [-0.3, -0.25) is 4.79 Å². The first-order valence-corrected chi connectivity index (χ1v) is 11.3. The van der Waals surface area contributed by atoms with Crippen LogP contribution in [0.2, 0.25) is 0 Å². The lowest BCUT2D eigenvalue weighted by Gasteiger charge is -2.11. The first kappa shape index (κ1) is 22.3. The lowest BCUT2D eigenvalue weighted by atomic mass is 10.0. The Morgan fingerprint density at radius 1 is 1.00 bits per heavy atom. The molecule has 1 heterocycles. The first-order valence-electron chi connectivity index (χ1n) is 11.3. The molecule has 1 aromatic heterocycles. The van der Waals surface area contributed by atoms with Crippen LogP contribution in [0.3, 0.4) is 0 Å². The summed E-state index contributed by atoms with van der Waals surface area (Å²) < 4.78 is 7.23. The first-order chi connectivity index (χ1) is 16.1. The molecular weight excluding hydrogens is 410 g/mol. The van der Waals surface area contributed by atoms with Gasteiger partial charge in [0.1, 0.15) is 11.4 Å². The highest BCUT2D eigenvalue weighted by Gasteiger charge is 2.25. The topological polar surface area (TPSA) is 56.1 Å². The quantitative estimate of drug-likeness (QED) is 0.381. The summed E-state index contributed by atoms with van der Waals surface area (Å²) in [6, 6.07) is 25.9. The molecule has 3 aromatic carbocycles. The van der Waals surface area contributed by atoms with Crippen molar-refractivity contribution >= 4 is 5.91 Å². The Morgan fingerprint density at radius 3 is 2.45 bits per heavy atom. The molecule has 0 aliphatic rings. The Morgan fingerprint density at radius 2 is 1.76 bits per heavy atom. The van der Waals surface area contributed by atoms with Gasteiger partial charge >= 0.3 is 0 Å². The van der Waals surface area contributed by atoms with Gasteiger partial charge in [-0.25, -0.2) is 4.68 Å². The summed E-state index contributed by atoms with van der Waals surface area (Å²) in [5.74, 6) is 0.643. The molecule has 168 valence electrons. The summed E-state index contributed by atoms with van der Waals surface area (Å²) in [6.45, 7) is 4.58. The van der Waals surface area contributed by atoms with E-state index in [4.69, 9.17) is 9.84 Å². The summed E-state index contributed by atoms with van der Waals surface area (Å²) in [4.78, 5) is 13.6. The Balaban J connectivity index is 1.77. The van der Waals surface area contributed by atoms with Crippen LogP contribution in [-0.4, -0.2) is 22.8 Å². The van der Waals surface area contributed by atoms with Crippen molar-refractivity contribution in [2.24, 2.45) is 0 Å². The van der Waals surface area contributed by atoms with E-state index < -0.39 is 0 Å². The molecule has 0 radical (unpaired) electrons. The van der Waals surface area contributed by atoms with E-state index in [9.17, 15) is 4.79 Å². The van der Waals surface area contributed by atoms with Crippen LogP contribution >= 0.6 is 0 Å². The molecule has 1 N–H and O–H groups in total. The molecule has 0 atom stereocenters. The SMILES string of the molecule is CCCc1c(C(=O)NCc2cccc(OC)c2)c(-c2ccc(C)cc2)nn1-c1ccccc1. The third kappa shape index (κ3) is 4.98. The van der Waals surface area contributed by atoms with Gasteiger partial charge in [-0.1, -0.05) is 73.5 Å². The number of hydrogen-bond donors (Lipinski definition) is 1. The van der Waals surface area contributed by atoms with Crippen molar-refractivity contribution in [2.75, 3.05) is 7.11 Å². The third-order valence-electron chi connectivity index (χ3n) is 5.61. The van der Waals surface area contributed by atoms with Crippen molar-refractivity contribution in [3.05, 3.63) is 101 Å². The Hall–Kier alpha value is -3.86. The van der Waals surface area contributed by atoms with E-state index >= 15 is 0 Å². The number of aryl methyl sites for hydroxylation is 1. The largest absolute Gasteiger partial charge is 0.497 e. The van der Waals surface area contributed by atoms with Crippen molar-refractivity contribution in [2.45, 2.75) is 33.2 Å². The Bertz CT molecular complexity index is 1230. The zero-order chi connectivity index (χ0) is 23.2. The van der Waals surface area contributed by atoms with Gasteiger partial charge in [-0.2, -0.15) is 5.10 Å². The zero-order valence-electron chi connectivity index (χ0n) is 19.3. The van der Waals surface area contributed by atoms with Crippen LogP contribution in [0.15, 0.2) is 78.9 Å². The molecule has 0 unspecified atom stereocenters. The molecule has 5 heteroatoms. The van der Waals surface area contributed by atoms with Crippen LogP contribution in [0, 0.1) is 6.92 Å². The smallest absolute Gasteiger partial charge is 0.255 e. The lowest BCUT2D eigenvalue weighted by Crippen LogP contribution is -2.24. The lowest BCUT2D eigenvalue weighted by molar-refractivity contribution is 0.0950. The van der Waals surface area contributed by atoms with Gasteiger partial charge in [0.15, 0.2) is 0 Å². The number of nitrogens with zero attached hydrogens (tertiary/aromatic N) is 2. The van der Waals surface area contributed by atoms with Gasteiger partial charge in [0, 0.05) is 12.1 Å². The molecule has 0 aliphatic carbocycles. The number of methoxy groups -OCH3 is 1. The second-order valence-corrected chi connectivity index (χ2v) is 8.07. The average molecular weight is 440 g/mol. The highest BCUT2D eigenvalue weighted by Crippen LogP contribution is 2.29. The van der Waals surface area contributed by atoms with Crippen molar-refractivity contribution in [1.29, 1.82) is 0 Å². The van der Waals surface area contributed by atoms with Crippen molar-refractivity contribution in [1.82, 2.24) is 15.1 Å². The van der Waals surface area contributed by atoms with Gasteiger partial charge in [0.05, 0.1) is 24.1 Å². The third-order valence-corrected chi connectivity index (χ3v) is 5.61. The maximum atomic E-state index is 13.6. The molecule has 0 saturated heterocycles. The van der Waals surface area contributed by atoms with Crippen molar-refractivity contribution in [3.63, 3.8) is 0 Å². The van der Waals surface area contributed by atoms with Crippen LogP contribution in [0.25, 0.3) is 16.9 Å². The molecule has 4 aromatic rings. The number of ether oxygens (including phenoxy) is 1. The minimum absolute atomic E-state index is 0.126. The summed E-state index contributed by atoms with van der Waals surface area (Å²) in [7, 11) is 1.64. The minimum atomic E-state index is -0.126. The summed E-state index contributed by atoms with van der Waals surface area (Å²) >= 11 is 0. The standard InChI is InChI=1S/C28H29N3O2/c1-4-9-25-26(28(32)29-19-21-10-8-13-24(18-21)33-3)27(22-16-14-20(2)15-17-22)30-31(25)23-11-6-5-7-12-23/h5-8,10-18H,4,9,19H2,1-3H3,(H,29,32). The number of benzene rings is 3. The fourth-order valence-corrected chi connectivity index (χ4v) is 3.91. The van der Waals surface area contributed by atoms with Gasteiger partial charge < -0.3 is 10.1 Å². The van der Waals surface area contributed by atoms with Crippen molar-refractivity contribution < 1.29 is 9.53 Å². The van der Waals surface area contributed by atoms with E-state index in [1.165, 1.54) is 5.56 Å². The second-order valence-electron chi connectivity index (χ2n) is 8.07. The van der Waals surface area contributed by atoms with Crippen LogP contribution in [0.4, 0.5) is 0 Å². The van der Waals surface area contributed by atoms with Crippen molar-refractivity contribution in [3.8, 4) is 22.7 Å². The van der Waals surface area contributed by atoms with Crippen LogP contribution in [-0.2, 0) is 13.0 Å². The van der Waals surface area contributed by atoms with Crippen LogP contribution in [0.5, 0.6) is 5.75 Å². The average Bonchev–Trinajstić information content (AvgIpc) is 3.23. The molecule has 4 rings (SSSR count). The number of aromatic nitrogens is 2. The molecule has 0 aliphatic heterocycles. The number of hydrogen-bond acceptors (Lipinski definition) is 3. The van der Waals surface area contributed by atoms with Gasteiger partial charge in [-0.05, 0) is 43.2 Å². The van der Waals surface area contributed by atoms with Crippen LogP contribution in [0.1, 0.15) is 40.5 Å². The molecule has 1 amide bonds. The maximum absolute atomic E-state index is 13.6. The van der Waals surface area contributed by atoms with E-state index in [0.717, 1.165) is 41.1 Å². The highest BCUT2D eigenvalue weighted by molar-refractivity contribution is 6.01. The summed E-state index contributed by atoms with van der Waals surface area (Å²) in [5, 5.41) is 8.04. The fourth-order valence-electron chi connectivity index (χ4n) is 3.91. The van der Waals surface area contributed by atoms with E-state index in [0.29, 0.717) is 17.8 Å². The maximum Gasteiger partial charge on any atom is 0.255 e. The zero-order valence-corrected chi connectivity index (χ0v) is 19.3. The molecule has 5 nitrogen and oxygen atoms in total. The molecular formula is C28H29N3O2. The molecule has 0 saturated carbocycles. The molecule has 0 spiro atoms. The van der Waals surface area contributed by atoms with E-state index in [1.807, 2.05) is 83.5 Å². The molecule has 0 fully saturated rings. The number of carbonyl (C=O) groups excluding carboxylic acids is 1. The van der Waals surface area contributed by atoms with E-state index in [2.05, 4.69) is 19.2 Å². The predicted molar refractivity (Wildman–Crippen MR) is 132 cm³/mol. The van der Waals surface area contributed by atoms with Gasteiger partial charge in [0.2, 0.25) is 0 Å². The molecule has 0 bridgehead atoms. The molecule has 33 heavy (non-hydrogen) atoms. The Kier molecular flexibility index (Phi) is 6.89. The monoisotopic (exact) mass is 439 g/mol. The van der Waals surface area contributed by atoms with E-state index in [-0.39, 0.29) is 5.91 Å². The number of amides is 1. The minimum Gasteiger partial charge on any atom is -0.497 e. The van der Waals surface area contributed by atoms with Crippen LogP contribution < -0.4 is 10.1 Å². The Labute approximate surface area is 195 Å². The van der Waals surface area contributed by atoms with Gasteiger partial charge in [0.25, 0.3) is 5.91 Å². The predicted octanol–water partition coefficient (Wildman–Crippen LogP) is 5.74. The highest BCUT2D eigenvalue weighted by atomic mass is 16.5. The fraction of sp³-hybridized carbons (Fsp3) is 0.214.